The van der Waals surface area contributed by atoms with Crippen LogP contribution in [0.3, 0.4) is 0 Å². The van der Waals surface area contributed by atoms with E-state index in [1.165, 1.54) is 0 Å². The zero-order chi connectivity index (χ0) is 18.8. The number of ether oxygens (including phenoxy) is 1. The second kappa shape index (κ2) is 6.75. The van der Waals surface area contributed by atoms with Crippen molar-refractivity contribution in [3.8, 4) is 22.9 Å². The fourth-order valence-electron chi connectivity index (χ4n) is 2.70. The van der Waals surface area contributed by atoms with E-state index in [0.29, 0.717) is 16.6 Å². The first-order valence-corrected chi connectivity index (χ1v) is 8.11. The van der Waals surface area contributed by atoms with Gasteiger partial charge >= 0.3 is 5.91 Å². The van der Waals surface area contributed by atoms with Gasteiger partial charge in [0.1, 0.15) is 11.4 Å². The minimum atomic E-state index is -0.591. The average molecular weight is 361 g/mol. The lowest BCUT2D eigenvalue weighted by Gasteiger charge is -1.99. The van der Waals surface area contributed by atoms with Gasteiger partial charge in [0.05, 0.1) is 18.3 Å². The number of carbonyl (C=O) groups excluding carboxylic acids is 1. The number of para-hydroxylation sites is 1. The summed E-state index contributed by atoms with van der Waals surface area (Å²) in [6.45, 7) is 0. The maximum Gasteiger partial charge on any atom is 0.313 e. The van der Waals surface area contributed by atoms with Gasteiger partial charge < -0.3 is 14.8 Å². The number of hydrogen-bond donors (Lipinski definition) is 3. The van der Waals surface area contributed by atoms with E-state index in [-0.39, 0.29) is 17.3 Å². The highest BCUT2D eigenvalue weighted by molar-refractivity contribution is 5.96. The topological polar surface area (TPSA) is 116 Å². The molecular weight excluding hydrogens is 346 g/mol. The van der Waals surface area contributed by atoms with Crippen molar-refractivity contribution in [3.63, 3.8) is 0 Å². The van der Waals surface area contributed by atoms with Gasteiger partial charge in [0, 0.05) is 10.9 Å². The van der Waals surface area contributed by atoms with E-state index in [1.807, 2.05) is 36.4 Å². The van der Waals surface area contributed by atoms with Crippen molar-refractivity contribution < 1.29 is 14.6 Å². The summed E-state index contributed by atoms with van der Waals surface area (Å²) in [7, 11) is 1.59. The van der Waals surface area contributed by atoms with E-state index >= 15 is 0 Å². The van der Waals surface area contributed by atoms with Crippen LogP contribution in [0.4, 0.5) is 5.69 Å². The number of nitrogens with one attached hydrogen (secondary N) is 2. The van der Waals surface area contributed by atoms with E-state index < -0.39 is 5.91 Å². The van der Waals surface area contributed by atoms with Gasteiger partial charge in [0.25, 0.3) is 0 Å². The smallest absolute Gasteiger partial charge is 0.313 e. The number of aromatic amines is 2. The number of H-pyrrole nitrogens is 2. The standard InChI is InChI=1S/C19H15N5O3/c1-27-12-8-6-11(7-9-12)15-10-16(22-21-15)18(25)24-23-17-13-4-2-3-5-14(13)20-19(17)26/h2-10,20,26H,1H3,(H,21,22). The summed E-state index contributed by atoms with van der Waals surface area (Å²) in [5.41, 5.74) is 2.56. The van der Waals surface area contributed by atoms with Gasteiger partial charge in [-0.15, -0.1) is 10.2 Å². The molecule has 0 atom stereocenters. The highest BCUT2D eigenvalue weighted by atomic mass is 16.5. The molecule has 0 unspecified atom stereocenters. The van der Waals surface area contributed by atoms with Gasteiger partial charge in [-0.05, 0) is 36.4 Å². The molecule has 2 heterocycles. The van der Waals surface area contributed by atoms with Crippen LogP contribution in [0.2, 0.25) is 0 Å². The van der Waals surface area contributed by atoms with Crippen LogP contribution >= 0.6 is 0 Å². The molecule has 8 nitrogen and oxygen atoms in total. The second-order valence-corrected chi connectivity index (χ2v) is 5.77. The third kappa shape index (κ3) is 3.15. The van der Waals surface area contributed by atoms with E-state index in [4.69, 9.17) is 4.74 Å². The van der Waals surface area contributed by atoms with E-state index in [1.54, 1.807) is 25.3 Å². The van der Waals surface area contributed by atoms with Crippen LogP contribution in [0.1, 0.15) is 10.5 Å². The highest BCUT2D eigenvalue weighted by Gasteiger charge is 2.13. The molecule has 27 heavy (non-hydrogen) atoms. The summed E-state index contributed by atoms with van der Waals surface area (Å²) in [4.78, 5) is 15.1. The summed E-state index contributed by atoms with van der Waals surface area (Å²) in [5, 5.41) is 25.0. The summed E-state index contributed by atoms with van der Waals surface area (Å²) >= 11 is 0. The fraction of sp³-hybridized carbons (Fsp3) is 0.0526. The lowest BCUT2D eigenvalue weighted by atomic mass is 10.1. The monoisotopic (exact) mass is 361 g/mol. The predicted molar refractivity (Wildman–Crippen MR) is 99.4 cm³/mol. The Morgan fingerprint density at radius 1 is 1.15 bits per heavy atom. The lowest BCUT2D eigenvalue weighted by molar-refractivity contribution is 0.0990. The Morgan fingerprint density at radius 3 is 2.70 bits per heavy atom. The maximum atomic E-state index is 12.3. The Kier molecular flexibility index (Phi) is 4.13. The molecule has 0 spiro atoms. The number of azo groups is 1. The third-order valence-electron chi connectivity index (χ3n) is 4.09. The predicted octanol–water partition coefficient (Wildman–Crippen LogP) is 4.20. The van der Waals surface area contributed by atoms with Crippen molar-refractivity contribution in [1.29, 1.82) is 0 Å². The molecule has 0 aliphatic rings. The molecule has 2 aromatic heterocycles. The Morgan fingerprint density at radius 2 is 1.93 bits per heavy atom. The van der Waals surface area contributed by atoms with Crippen molar-refractivity contribution in [2.75, 3.05) is 7.11 Å². The SMILES string of the molecule is COc1ccc(-c2cc(C(=O)N=Nc3c(O)[nH]c4ccccc34)[nH]n2)cc1. The summed E-state index contributed by atoms with van der Waals surface area (Å²) in [5.74, 6) is 0.00106. The second-order valence-electron chi connectivity index (χ2n) is 5.77. The minimum absolute atomic E-state index is 0.142. The number of hydrogen-bond acceptors (Lipinski definition) is 5. The molecule has 1 amide bonds. The van der Waals surface area contributed by atoms with Crippen LogP contribution in [-0.4, -0.2) is 33.3 Å². The molecule has 0 aliphatic heterocycles. The highest BCUT2D eigenvalue weighted by Crippen LogP contribution is 2.35. The molecule has 4 aromatic rings. The molecule has 2 aromatic carbocycles. The van der Waals surface area contributed by atoms with Crippen molar-refractivity contribution in [1.82, 2.24) is 15.2 Å². The number of aromatic nitrogens is 3. The van der Waals surface area contributed by atoms with Crippen LogP contribution in [0, 0.1) is 0 Å². The summed E-state index contributed by atoms with van der Waals surface area (Å²) in [6, 6.07) is 16.1. The molecule has 0 saturated heterocycles. The average Bonchev–Trinajstić information content (AvgIpc) is 3.31. The summed E-state index contributed by atoms with van der Waals surface area (Å²) in [6.07, 6.45) is 0. The van der Waals surface area contributed by atoms with Gasteiger partial charge in [-0.3, -0.25) is 9.89 Å². The normalized spacial score (nSPS) is 11.3. The number of nitrogens with zero attached hydrogens (tertiary/aromatic N) is 3. The Bertz CT molecular complexity index is 1140. The molecule has 0 saturated carbocycles. The zero-order valence-corrected chi connectivity index (χ0v) is 14.3. The number of carbonyl (C=O) groups is 1. The van der Waals surface area contributed by atoms with Crippen molar-refractivity contribution >= 4 is 22.5 Å². The number of fused-ring (bicyclic) bond motifs is 1. The van der Waals surface area contributed by atoms with Crippen molar-refractivity contribution in [2.24, 2.45) is 10.2 Å². The van der Waals surface area contributed by atoms with Gasteiger partial charge in [-0.2, -0.15) is 5.10 Å². The van der Waals surface area contributed by atoms with E-state index in [2.05, 4.69) is 25.4 Å². The first-order valence-electron chi connectivity index (χ1n) is 8.11. The van der Waals surface area contributed by atoms with Crippen LogP contribution in [0.15, 0.2) is 64.8 Å². The molecule has 134 valence electrons. The summed E-state index contributed by atoms with van der Waals surface area (Å²) < 4.78 is 5.12. The Balaban J connectivity index is 1.57. The van der Waals surface area contributed by atoms with Gasteiger partial charge in [0.2, 0.25) is 5.88 Å². The van der Waals surface area contributed by atoms with E-state index in [0.717, 1.165) is 11.3 Å². The number of rotatable bonds is 4. The zero-order valence-electron chi connectivity index (χ0n) is 14.3. The van der Waals surface area contributed by atoms with Gasteiger partial charge in [-0.1, -0.05) is 18.2 Å². The number of amides is 1. The molecule has 4 rings (SSSR count). The van der Waals surface area contributed by atoms with Gasteiger partial charge in [0.15, 0.2) is 5.69 Å². The third-order valence-corrected chi connectivity index (χ3v) is 4.09. The van der Waals surface area contributed by atoms with E-state index in [9.17, 15) is 9.90 Å². The Labute approximate surface area is 153 Å². The van der Waals surface area contributed by atoms with Crippen LogP contribution < -0.4 is 4.74 Å². The van der Waals surface area contributed by atoms with Crippen LogP contribution in [0.25, 0.3) is 22.2 Å². The molecule has 8 heteroatoms. The Hall–Kier alpha value is -3.94. The molecule has 0 aliphatic carbocycles. The van der Waals surface area contributed by atoms with Gasteiger partial charge in [-0.25, -0.2) is 0 Å². The number of benzene rings is 2. The molecule has 0 bridgehead atoms. The van der Waals surface area contributed by atoms with Crippen molar-refractivity contribution in [2.45, 2.75) is 0 Å². The first kappa shape index (κ1) is 16.5. The molecular formula is C19H15N5O3. The maximum absolute atomic E-state index is 12.3. The molecule has 3 N–H and O–H groups in total. The fourth-order valence-corrected chi connectivity index (χ4v) is 2.70. The lowest BCUT2D eigenvalue weighted by Crippen LogP contribution is -1.93. The quantitative estimate of drug-likeness (QED) is 0.472. The largest absolute Gasteiger partial charge is 0.497 e. The minimum Gasteiger partial charge on any atom is -0.497 e. The van der Waals surface area contributed by atoms with Crippen LogP contribution in [-0.2, 0) is 0 Å². The number of aromatic hydroxyl groups is 1. The van der Waals surface area contributed by atoms with Crippen molar-refractivity contribution in [3.05, 3.63) is 60.3 Å². The first-order chi connectivity index (χ1) is 13.2. The number of methoxy groups -OCH3 is 1. The molecule has 0 radical (unpaired) electrons. The van der Waals surface area contributed by atoms with Crippen LogP contribution in [0.5, 0.6) is 11.6 Å². The molecule has 0 fully saturated rings.